The third-order valence-electron chi connectivity index (χ3n) is 10.7. The van der Waals surface area contributed by atoms with E-state index < -0.39 is 11.6 Å². The molecule has 2 aliphatic carbocycles. The molecule has 0 aliphatic heterocycles. The summed E-state index contributed by atoms with van der Waals surface area (Å²) in [6, 6.07) is 13.8. The molecule has 0 N–H and O–H groups in total. The molecule has 2 aliphatic rings. The van der Waals surface area contributed by atoms with Crippen molar-refractivity contribution >= 4 is 11.1 Å². The number of unbranched alkanes of at least 4 members (excludes halogenated alkanes) is 4. The second-order valence-corrected chi connectivity index (χ2v) is 13.9. The fourth-order valence-corrected chi connectivity index (χ4v) is 7.87. The number of benzene rings is 2. The summed E-state index contributed by atoms with van der Waals surface area (Å²) in [5.74, 6) is 1.27. The summed E-state index contributed by atoms with van der Waals surface area (Å²) in [5, 5.41) is 18.5. The van der Waals surface area contributed by atoms with Crippen LogP contribution in [0, 0.1) is 58.0 Å². The highest BCUT2D eigenvalue weighted by molar-refractivity contribution is 5.69. The van der Waals surface area contributed by atoms with Crippen LogP contribution in [-0.4, -0.2) is 13.2 Å². The van der Waals surface area contributed by atoms with Crippen molar-refractivity contribution in [3.05, 3.63) is 82.4 Å². The fourth-order valence-electron chi connectivity index (χ4n) is 7.87. The van der Waals surface area contributed by atoms with Gasteiger partial charge in [-0.05, 0) is 122 Å². The molecule has 0 amide bonds. The highest BCUT2D eigenvalue weighted by Crippen LogP contribution is 2.41. The molecule has 4 rings (SSSR count). The Morgan fingerprint density at radius 1 is 0.660 bits per heavy atom. The van der Waals surface area contributed by atoms with Crippen LogP contribution >= 0.6 is 0 Å². The van der Waals surface area contributed by atoms with E-state index in [1.54, 1.807) is 12.1 Å². The molecule has 2 aromatic rings. The Morgan fingerprint density at radius 2 is 1.06 bits per heavy atom. The minimum absolute atomic E-state index is 0.0656. The summed E-state index contributed by atoms with van der Waals surface area (Å²) in [4.78, 5) is 0. The number of hydrogen-bond acceptors (Lipinski definition) is 3. The molecule has 2 saturated carbocycles. The van der Waals surface area contributed by atoms with Gasteiger partial charge in [0.05, 0.1) is 24.3 Å². The van der Waals surface area contributed by atoms with Gasteiger partial charge in [0, 0.05) is 0 Å². The summed E-state index contributed by atoms with van der Waals surface area (Å²) in [5.41, 5.74) is 4.02. The van der Waals surface area contributed by atoms with Crippen LogP contribution in [0.5, 0.6) is 0 Å². The molecule has 5 heteroatoms. The van der Waals surface area contributed by atoms with E-state index in [9.17, 15) is 19.3 Å². The van der Waals surface area contributed by atoms with E-state index >= 15 is 0 Å². The number of nitrogens with zero attached hydrogens (tertiary/aromatic N) is 2. The molecule has 0 bridgehead atoms. The lowest BCUT2D eigenvalue weighted by atomic mass is 9.75. The van der Waals surface area contributed by atoms with Crippen LogP contribution in [0.4, 0.5) is 8.78 Å². The SMILES string of the molecule is CCCCC[C@H]1CC[C@H](C(=CCOCC=C(c2ccc(C#N)c(F)c2)[C@H]2CC[C@H](CCCCC)CC2)c2ccc(C#N)c(F)c2)CC1. The van der Waals surface area contributed by atoms with Crippen LogP contribution in [-0.2, 0) is 4.74 Å². The molecule has 3 nitrogen and oxygen atoms in total. The molecule has 47 heavy (non-hydrogen) atoms. The molecule has 0 radical (unpaired) electrons. The maximum absolute atomic E-state index is 14.7. The van der Waals surface area contributed by atoms with Crippen LogP contribution in [0.15, 0.2) is 48.6 Å². The number of halogens is 2. The van der Waals surface area contributed by atoms with Crippen molar-refractivity contribution in [1.29, 1.82) is 10.5 Å². The van der Waals surface area contributed by atoms with Crippen molar-refractivity contribution in [2.45, 2.75) is 117 Å². The first-order valence-electron chi connectivity index (χ1n) is 18.3. The van der Waals surface area contributed by atoms with Crippen molar-refractivity contribution in [1.82, 2.24) is 0 Å². The van der Waals surface area contributed by atoms with E-state index in [1.165, 1.54) is 89.2 Å². The average molecular weight is 641 g/mol. The standard InChI is InChI=1S/C42H54F2N2O/c1-3-5-7-9-31-11-15-33(16-12-31)39(35-19-21-37(29-45)41(43)27-35)23-25-47-26-24-40(36-20-22-38(30-46)42(44)28-36)34-17-13-32(14-18-34)10-8-6-4-2/h19-24,27-28,31-34H,3-18,25-26H2,1-2H3/t31-,32-,33-,34-. The van der Waals surface area contributed by atoms with Gasteiger partial charge in [-0.25, -0.2) is 8.78 Å². The van der Waals surface area contributed by atoms with Gasteiger partial charge in [0.1, 0.15) is 23.8 Å². The van der Waals surface area contributed by atoms with Gasteiger partial charge in [0.2, 0.25) is 0 Å². The predicted octanol–water partition coefficient (Wildman–Crippen LogP) is 12.0. The molecule has 0 saturated heterocycles. The van der Waals surface area contributed by atoms with Gasteiger partial charge >= 0.3 is 0 Å². The smallest absolute Gasteiger partial charge is 0.141 e. The summed E-state index contributed by atoms with van der Waals surface area (Å²) >= 11 is 0. The van der Waals surface area contributed by atoms with Gasteiger partial charge in [-0.2, -0.15) is 10.5 Å². The lowest BCUT2D eigenvalue weighted by molar-refractivity contribution is 0.193. The Labute approximate surface area is 282 Å². The van der Waals surface area contributed by atoms with Gasteiger partial charge in [-0.3, -0.25) is 0 Å². The monoisotopic (exact) mass is 640 g/mol. The second kappa shape index (κ2) is 19.5. The predicted molar refractivity (Wildman–Crippen MR) is 188 cm³/mol. The summed E-state index contributed by atoms with van der Waals surface area (Å²) in [7, 11) is 0. The van der Waals surface area contributed by atoms with Crippen LogP contribution < -0.4 is 0 Å². The fraction of sp³-hybridized carbons (Fsp3) is 0.571. The number of nitriles is 2. The van der Waals surface area contributed by atoms with E-state index in [2.05, 4.69) is 26.0 Å². The minimum atomic E-state index is -0.479. The molecule has 2 fully saturated rings. The Bertz CT molecular complexity index is 1310. The largest absolute Gasteiger partial charge is 0.373 e. The van der Waals surface area contributed by atoms with E-state index in [4.69, 9.17) is 4.74 Å². The van der Waals surface area contributed by atoms with Crippen LogP contribution in [0.2, 0.25) is 0 Å². The van der Waals surface area contributed by atoms with Gasteiger partial charge in [0.15, 0.2) is 0 Å². The maximum atomic E-state index is 14.7. The van der Waals surface area contributed by atoms with Crippen molar-refractivity contribution < 1.29 is 13.5 Å². The molecule has 0 unspecified atom stereocenters. The Kier molecular flexibility index (Phi) is 15.2. The first kappa shape index (κ1) is 36.6. The number of rotatable bonds is 16. The summed E-state index contributed by atoms with van der Waals surface area (Å²) in [6.45, 7) is 5.28. The third-order valence-corrected chi connectivity index (χ3v) is 10.7. The second-order valence-electron chi connectivity index (χ2n) is 13.9. The number of hydrogen-bond donors (Lipinski definition) is 0. The van der Waals surface area contributed by atoms with Gasteiger partial charge in [-0.15, -0.1) is 0 Å². The normalized spacial score (nSPS) is 22.1. The lowest BCUT2D eigenvalue weighted by Gasteiger charge is -2.31. The van der Waals surface area contributed by atoms with Crippen molar-refractivity contribution in [2.75, 3.05) is 13.2 Å². The molecule has 252 valence electrons. The zero-order chi connectivity index (χ0) is 33.4. The third kappa shape index (κ3) is 10.9. The Balaban J connectivity index is 1.46. The van der Waals surface area contributed by atoms with Crippen molar-refractivity contribution in [3.8, 4) is 12.1 Å². The highest BCUT2D eigenvalue weighted by Gasteiger charge is 2.26. The van der Waals surface area contributed by atoms with E-state index in [1.807, 2.05) is 24.3 Å². The van der Waals surface area contributed by atoms with Gasteiger partial charge < -0.3 is 4.74 Å². The van der Waals surface area contributed by atoms with Crippen LogP contribution in [0.1, 0.15) is 139 Å². The van der Waals surface area contributed by atoms with E-state index in [-0.39, 0.29) is 11.1 Å². The van der Waals surface area contributed by atoms with Crippen molar-refractivity contribution in [3.63, 3.8) is 0 Å². The Hall–Kier alpha value is -3.28. The first-order chi connectivity index (χ1) is 23.0. The van der Waals surface area contributed by atoms with Crippen molar-refractivity contribution in [2.24, 2.45) is 23.7 Å². The molecule has 0 atom stereocenters. The topological polar surface area (TPSA) is 56.8 Å². The Morgan fingerprint density at radius 3 is 1.40 bits per heavy atom. The van der Waals surface area contributed by atoms with E-state index in [0.717, 1.165) is 59.8 Å². The molecule has 0 spiro atoms. The first-order valence-corrected chi connectivity index (χ1v) is 18.3. The zero-order valence-electron chi connectivity index (χ0n) is 28.7. The maximum Gasteiger partial charge on any atom is 0.141 e. The molecule has 0 aromatic heterocycles. The van der Waals surface area contributed by atoms with E-state index in [0.29, 0.717) is 25.0 Å². The van der Waals surface area contributed by atoms with Crippen LogP contribution in [0.3, 0.4) is 0 Å². The van der Waals surface area contributed by atoms with Gasteiger partial charge in [0.25, 0.3) is 0 Å². The van der Waals surface area contributed by atoms with Gasteiger partial charge in [-0.1, -0.05) is 89.5 Å². The molecule has 0 heterocycles. The number of allylic oxidation sites excluding steroid dienone is 2. The molecule has 2 aromatic carbocycles. The minimum Gasteiger partial charge on any atom is -0.373 e. The molecular weight excluding hydrogens is 586 g/mol. The zero-order valence-corrected chi connectivity index (χ0v) is 28.7. The molecular formula is C42H54F2N2O. The number of ether oxygens (including phenoxy) is 1. The lowest BCUT2D eigenvalue weighted by Crippen LogP contribution is -2.17. The average Bonchev–Trinajstić information content (AvgIpc) is 3.09. The highest BCUT2D eigenvalue weighted by atomic mass is 19.1. The quantitative estimate of drug-likeness (QED) is 0.172. The summed E-state index contributed by atoms with van der Waals surface area (Å²) in [6.07, 6.45) is 23.6. The summed E-state index contributed by atoms with van der Waals surface area (Å²) < 4.78 is 35.7. The van der Waals surface area contributed by atoms with Crippen LogP contribution in [0.25, 0.3) is 11.1 Å².